The van der Waals surface area contributed by atoms with E-state index >= 15 is 0 Å². The number of ketones is 1. The Morgan fingerprint density at radius 3 is 2.75 bits per heavy atom. The SMILES string of the molecule is CNCc1cccc(-c2ccc3c(c2)C(=O)CCC3)c1. The molecule has 0 aliphatic heterocycles. The second-order valence-corrected chi connectivity index (χ2v) is 5.38. The van der Waals surface area contributed by atoms with Crippen molar-refractivity contribution in [3.05, 3.63) is 59.2 Å². The normalized spacial score (nSPS) is 14.2. The van der Waals surface area contributed by atoms with Gasteiger partial charge in [-0.3, -0.25) is 4.79 Å². The maximum Gasteiger partial charge on any atom is 0.163 e. The first-order chi connectivity index (χ1) is 9.78. The van der Waals surface area contributed by atoms with Gasteiger partial charge in [-0.1, -0.05) is 30.3 Å². The van der Waals surface area contributed by atoms with Gasteiger partial charge in [-0.15, -0.1) is 0 Å². The molecule has 0 bridgehead atoms. The zero-order chi connectivity index (χ0) is 13.9. The van der Waals surface area contributed by atoms with E-state index < -0.39 is 0 Å². The van der Waals surface area contributed by atoms with Crippen LogP contribution in [0.15, 0.2) is 42.5 Å². The van der Waals surface area contributed by atoms with Crippen molar-refractivity contribution in [3.8, 4) is 11.1 Å². The molecule has 1 N–H and O–H groups in total. The fourth-order valence-electron chi connectivity index (χ4n) is 2.87. The van der Waals surface area contributed by atoms with Crippen molar-refractivity contribution in [3.63, 3.8) is 0 Å². The molecule has 0 radical (unpaired) electrons. The Balaban J connectivity index is 2.00. The van der Waals surface area contributed by atoms with E-state index in [-0.39, 0.29) is 0 Å². The first-order valence-electron chi connectivity index (χ1n) is 7.18. The molecular weight excluding hydrogens is 246 g/mol. The Bertz CT molecular complexity index is 646. The molecule has 0 atom stereocenters. The van der Waals surface area contributed by atoms with Crippen LogP contribution in [0.3, 0.4) is 0 Å². The fraction of sp³-hybridized carbons (Fsp3) is 0.278. The molecule has 20 heavy (non-hydrogen) atoms. The Morgan fingerprint density at radius 1 is 1.05 bits per heavy atom. The molecule has 1 aliphatic rings. The summed E-state index contributed by atoms with van der Waals surface area (Å²) in [6.07, 6.45) is 2.71. The number of Topliss-reactive ketones (excluding diaryl/α,β-unsaturated/α-hetero) is 1. The van der Waals surface area contributed by atoms with Crippen LogP contribution in [0, 0.1) is 0 Å². The van der Waals surface area contributed by atoms with Crippen molar-refractivity contribution in [1.29, 1.82) is 0 Å². The number of nitrogens with one attached hydrogen (secondary N) is 1. The largest absolute Gasteiger partial charge is 0.316 e. The Morgan fingerprint density at radius 2 is 1.90 bits per heavy atom. The van der Waals surface area contributed by atoms with Crippen LogP contribution in [0.25, 0.3) is 11.1 Å². The molecule has 2 heteroatoms. The van der Waals surface area contributed by atoms with Gasteiger partial charge in [-0.05, 0) is 54.3 Å². The van der Waals surface area contributed by atoms with E-state index in [1.165, 1.54) is 16.7 Å². The summed E-state index contributed by atoms with van der Waals surface area (Å²) in [5.74, 6) is 0.291. The third-order valence-corrected chi connectivity index (χ3v) is 3.90. The number of hydrogen-bond acceptors (Lipinski definition) is 2. The second-order valence-electron chi connectivity index (χ2n) is 5.38. The number of rotatable bonds is 3. The Labute approximate surface area is 119 Å². The zero-order valence-electron chi connectivity index (χ0n) is 11.8. The molecule has 0 unspecified atom stereocenters. The highest BCUT2D eigenvalue weighted by atomic mass is 16.1. The third-order valence-electron chi connectivity index (χ3n) is 3.90. The molecule has 2 aromatic rings. The van der Waals surface area contributed by atoms with Crippen molar-refractivity contribution < 1.29 is 4.79 Å². The van der Waals surface area contributed by atoms with E-state index in [1.54, 1.807) is 0 Å². The van der Waals surface area contributed by atoms with E-state index in [4.69, 9.17) is 0 Å². The molecule has 0 heterocycles. The monoisotopic (exact) mass is 265 g/mol. The lowest BCUT2D eigenvalue weighted by Crippen LogP contribution is -2.10. The molecule has 0 fully saturated rings. The highest BCUT2D eigenvalue weighted by molar-refractivity contribution is 5.99. The van der Waals surface area contributed by atoms with E-state index in [1.807, 2.05) is 7.05 Å². The van der Waals surface area contributed by atoms with Crippen LogP contribution in [0.2, 0.25) is 0 Å². The Kier molecular flexibility index (Phi) is 3.66. The summed E-state index contributed by atoms with van der Waals surface area (Å²) < 4.78 is 0. The molecule has 3 rings (SSSR count). The van der Waals surface area contributed by atoms with Crippen molar-refractivity contribution in [2.24, 2.45) is 0 Å². The van der Waals surface area contributed by atoms with Crippen LogP contribution in [0.1, 0.15) is 34.3 Å². The van der Waals surface area contributed by atoms with Crippen LogP contribution in [-0.2, 0) is 13.0 Å². The quantitative estimate of drug-likeness (QED) is 0.919. The van der Waals surface area contributed by atoms with Gasteiger partial charge in [0.25, 0.3) is 0 Å². The predicted octanol–water partition coefficient (Wildman–Crippen LogP) is 3.59. The topological polar surface area (TPSA) is 29.1 Å². The maximum atomic E-state index is 12.0. The Hall–Kier alpha value is -1.93. The van der Waals surface area contributed by atoms with E-state index in [0.29, 0.717) is 12.2 Å². The number of fused-ring (bicyclic) bond motifs is 1. The first kappa shape index (κ1) is 13.1. The summed E-state index contributed by atoms with van der Waals surface area (Å²) in [6.45, 7) is 0.859. The summed E-state index contributed by atoms with van der Waals surface area (Å²) >= 11 is 0. The fourth-order valence-corrected chi connectivity index (χ4v) is 2.87. The number of carbonyl (C=O) groups is 1. The highest BCUT2D eigenvalue weighted by Gasteiger charge is 2.17. The standard InChI is InChI=1S/C18H19NO/c1-19-12-13-4-2-6-15(10-13)16-9-8-14-5-3-7-18(20)17(14)11-16/h2,4,6,8-11,19H,3,5,7,12H2,1H3. The van der Waals surface area contributed by atoms with Crippen LogP contribution in [0.5, 0.6) is 0 Å². The van der Waals surface area contributed by atoms with Gasteiger partial charge in [0, 0.05) is 18.5 Å². The van der Waals surface area contributed by atoms with Gasteiger partial charge in [0.05, 0.1) is 0 Å². The molecule has 102 valence electrons. The minimum atomic E-state index is 0.291. The summed E-state index contributed by atoms with van der Waals surface area (Å²) in [6, 6.07) is 14.8. The smallest absolute Gasteiger partial charge is 0.163 e. The summed E-state index contributed by atoms with van der Waals surface area (Å²) in [5.41, 5.74) is 5.70. The number of benzene rings is 2. The molecule has 0 amide bonds. The lowest BCUT2D eigenvalue weighted by Gasteiger charge is -2.16. The number of carbonyl (C=O) groups excluding carboxylic acids is 1. The van der Waals surface area contributed by atoms with Gasteiger partial charge < -0.3 is 5.32 Å². The van der Waals surface area contributed by atoms with E-state index in [9.17, 15) is 4.79 Å². The molecular formula is C18H19NO. The molecule has 0 saturated carbocycles. The average molecular weight is 265 g/mol. The highest BCUT2D eigenvalue weighted by Crippen LogP contribution is 2.27. The van der Waals surface area contributed by atoms with E-state index in [2.05, 4.69) is 47.8 Å². The van der Waals surface area contributed by atoms with Crippen LogP contribution in [0.4, 0.5) is 0 Å². The minimum Gasteiger partial charge on any atom is -0.316 e. The zero-order valence-corrected chi connectivity index (χ0v) is 11.8. The molecule has 0 spiro atoms. The summed E-state index contributed by atoms with van der Waals surface area (Å²) in [4.78, 5) is 12.0. The molecule has 2 aromatic carbocycles. The van der Waals surface area contributed by atoms with Crippen LogP contribution < -0.4 is 5.32 Å². The van der Waals surface area contributed by atoms with Crippen LogP contribution in [-0.4, -0.2) is 12.8 Å². The van der Waals surface area contributed by atoms with Crippen LogP contribution >= 0.6 is 0 Å². The van der Waals surface area contributed by atoms with Gasteiger partial charge in [0.2, 0.25) is 0 Å². The summed E-state index contributed by atoms with van der Waals surface area (Å²) in [7, 11) is 1.95. The van der Waals surface area contributed by atoms with Gasteiger partial charge in [0.1, 0.15) is 0 Å². The molecule has 2 nitrogen and oxygen atoms in total. The number of hydrogen-bond donors (Lipinski definition) is 1. The van der Waals surface area contributed by atoms with Gasteiger partial charge in [0.15, 0.2) is 5.78 Å². The average Bonchev–Trinajstić information content (AvgIpc) is 2.48. The summed E-state index contributed by atoms with van der Waals surface area (Å²) in [5, 5.41) is 3.17. The van der Waals surface area contributed by atoms with Gasteiger partial charge in [-0.2, -0.15) is 0 Å². The van der Waals surface area contributed by atoms with Gasteiger partial charge >= 0.3 is 0 Å². The van der Waals surface area contributed by atoms with Crippen molar-refractivity contribution in [2.75, 3.05) is 7.05 Å². The predicted molar refractivity (Wildman–Crippen MR) is 81.9 cm³/mol. The minimum absolute atomic E-state index is 0.291. The van der Waals surface area contributed by atoms with Crippen molar-refractivity contribution >= 4 is 5.78 Å². The lowest BCUT2D eigenvalue weighted by atomic mass is 9.88. The maximum absolute atomic E-state index is 12.0. The lowest BCUT2D eigenvalue weighted by molar-refractivity contribution is 0.0972. The molecule has 0 aromatic heterocycles. The third kappa shape index (κ3) is 2.52. The molecule has 0 saturated heterocycles. The van der Waals surface area contributed by atoms with E-state index in [0.717, 1.165) is 30.5 Å². The van der Waals surface area contributed by atoms with Gasteiger partial charge in [-0.25, -0.2) is 0 Å². The van der Waals surface area contributed by atoms with Crippen molar-refractivity contribution in [2.45, 2.75) is 25.8 Å². The van der Waals surface area contributed by atoms with Crippen molar-refractivity contribution in [1.82, 2.24) is 5.32 Å². The molecule has 1 aliphatic carbocycles. The number of aryl methyl sites for hydroxylation is 1. The first-order valence-corrected chi connectivity index (χ1v) is 7.18. The second kappa shape index (κ2) is 5.59.